The summed E-state index contributed by atoms with van der Waals surface area (Å²) in [4.78, 5) is 0. The fraction of sp³-hybridized carbons (Fsp3) is 0.0714. The van der Waals surface area contributed by atoms with E-state index in [1.165, 1.54) is 10.6 Å². The van der Waals surface area contributed by atoms with Crippen LogP contribution in [0.3, 0.4) is 0 Å². The van der Waals surface area contributed by atoms with E-state index in [1.54, 1.807) is 0 Å². The van der Waals surface area contributed by atoms with Crippen LogP contribution in [0.1, 0.15) is 0 Å². The van der Waals surface area contributed by atoms with Gasteiger partial charge in [0, 0.05) is 0 Å². The molecule has 0 saturated carbocycles. The van der Waals surface area contributed by atoms with Crippen LogP contribution in [0.15, 0.2) is 60.7 Å². The van der Waals surface area contributed by atoms with Crippen molar-refractivity contribution < 1.29 is 5.11 Å². The highest BCUT2D eigenvalue weighted by Crippen LogP contribution is 2.19. The summed E-state index contributed by atoms with van der Waals surface area (Å²) in [5.41, 5.74) is 0. The Balaban J connectivity index is 2.44. The van der Waals surface area contributed by atoms with Crippen LogP contribution < -0.4 is 10.6 Å². The molecular weight excluding hydrogens is 215 g/mol. The summed E-state index contributed by atoms with van der Waals surface area (Å²) < 4.78 is 0. The van der Waals surface area contributed by atoms with Crippen LogP contribution in [-0.2, 0) is 0 Å². The van der Waals surface area contributed by atoms with Gasteiger partial charge in [-0.05, 0) is 10.6 Å². The summed E-state index contributed by atoms with van der Waals surface area (Å²) in [5.74, 6) is 2.02. The molecule has 2 aromatic carbocycles. The molecule has 0 amide bonds. The van der Waals surface area contributed by atoms with Gasteiger partial charge in [0.15, 0.2) is 0 Å². The molecule has 82 valence electrons. The second-order valence-electron chi connectivity index (χ2n) is 3.53. The lowest BCUT2D eigenvalue weighted by Crippen LogP contribution is -2.08. The molecule has 0 bridgehead atoms. The minimum absolute atomic E-state index is 0.137. The van der Waals surface area contributed by atoms with E-state index in [1.807, 2.05) is 42.2 Å². The maximum Gasteiger partial charge on any atom is 0.0620 e. The Morgan fingerprint density at radius 3 is 1.62 bits per heavy atom. The Labute approximate surface area is 96.8 Å². The van der Waals surface area contributed by atoms with E-state index in [-0.39, 0.29) is 6.61 Å². The highest BCUT2D eigenvalue weighted by molar-refractivity contribution is 7.72. The molecule has 0 saturated heterocycles. The van der Waals surface area contributed by atoms with E-state index in [0.29, 0.717) is 0 Å². The van der Waals surface area contributed by atoms with Crippen LogP contribution in [0.2, 0.25) is 0 Å². The third-order valence-corrected chi connectivity index (χ3v) is 4.97. The zero-order chi connectivity index (χ0) is 11.2. The van der Waals surface area contributed by atoms with Gasteiger partial charge in [0.05, 0.1) is 6.61 Å². The Bertz CT molecular complexity index is 421. The van der Waals surface area contributed by atoms with E-state index < -0.39 is 7.55 Å². The fourth-order valence-corrected chi connectivity index (χ4v) is 3.82. The van der Waals surface area contributed by atoms with Crippen molar-refractivity contribution in [1.82, 2.24) is 0 Å². The second-order valence-corrected chi connectivity index (χ2v) is 5.92. The molecule has 1 nitrogen and oxygen atoms in total. The SMILES string of the molecule is OCC=[PH](c1ccccc1)c1ccccc1. The lowest BCUT2D eigenvalue weighted by molar-refractivity contribution is 0.363. The lowest BCUT2D eigenvalue weighted by atomic mass is 10.4. The molecule has 0 unspecified atom stereocenters. The number of benzene rings is 2. The van der Waals surface area contributed by atoms with Crippen molar-refractivity contribution in [2.45, 2.75) is 0 Å². The maximum atomic E-state index is 9.13. The van der Waals surface area contributed by atoms with Crippen LogP contribution >= 0.6 is 7.55 Å². The third kappa shape index (κ3) is 2.63. The topological polar surface area (TPSA) is 20.2 Å². The highest BCUT2D eigenvalue weighted by atomic mass is 31.1. The van der Waals surface area contributed by atoms with Crippen LogP contribution in [-0.4, -0.2) is 17.5 Å². The molecule has 2 heteroatoms. The maximum absolute atomic E-state index is 9.13. The molecule has 2 rings (SSSR count). The van der Waals surface area contributed by atoms with Crippen LogP contribution in [0, 0.1) is 0 Å². The minimum Gasteiger partial charge on any atom is -0.392 e. The summed E-state index contributed by atoms with van der Waals surface area (Å²) in [7, 11) is -0.926. The first-order valence-electron chi connectivity index (χ1n) is 5.33. The van der Waals surface area contributed by atoms with Crippen LogP contribution in [0.4, 0.5) is 0 Å². The molecule has 0 radical (unpaired) electrons. The summed E-state index contributed by atoms with van der Waals surface area (Å²) in [6.07, 6.45) is 0. The smallest absolute Gasteiger partial charge is 0.0620 e. The van der Waals surface area contributed by atoms with Gasteiger partial charge in [-0.2, -0.15) is 0 Å². The van der Waals surface area contributed by atoms with Crippen molar-refractivity contribution in [2.24, 2.45) is 0 Å². The van der Waals surface area contributed by atoms with E-state index in [0.717, 1.165) is 0 Å². The number of hydrogen-bond donors (Lipinski definition) is 1. The Kier molecular flexibility index (Phi) is 3.98. The quantitative estimate of drug-likeness (QED) is 0.795. The Morgan fingerprint density at radius 1 is 0.812 bits per heavy atom. The number of rotatable bonds is 3. The van der Waals surface area contributed by atoms with Gasteiger partial charge >= 0.3 is 0 Å². The van der Waals surface area contributed by atoms with Crippen molar-refractivity contribution in [3.05, 3.63) is 60.7 Å². The summed E-state index contributed by atoms with van der Waals surface area (Å²) >= 11 is 0. The van der Waals surface area contributed by atoms with E-state index in [4.69, 9.17) is 5.11 Å². The molecule has 0 aliphatic rings. The molecule has 0 aliphatic heterocycles. The van der Waals surface area contributed by atoms with Gasteiger partial charge < -0.3 is 5.11 Å². The number of aliphatic hydroxyl groups excluding tert-OH is 1. The van der Waals surface area contributed by atoms with Gasteiger partial charge in [0.2, 0.25) is 0 Å². The standard InChI is InChI=1S/C14H15OP/c15-11-12-16(13-7-3-1-4-8-13)14-9-5-2-6-10-14/h1-10,12,15-16H,11H2. The second kappa shape index (κ2) is 5.69. The van der Waals surface area contributed by atoms with E-state index in [2.05, 4.69) is 24.3 Å². The predicted octanol–water partition coefficient (Wildman–Crippen LogP) is 1.65. The fourth-order valence-electron chi connectivity index (χ4n) is 1.73. The first-order valence-corrected chi connectivity index (χ1v) is 6.91. The van der Waals surface area contributed by atoms with Gasteiger partial charge in [0.25, 0.3) is 0 Å². The average molecular weight is 230 g/mol. The van der Waals surface area contributed by atoms with Gasteiger partial charge in [-0.1, -0.05) is 74.0 Å². The van der Waals surface area contributed by atoms with Crippen molar-refractivity contribution in [2.75, 3.05) is 6.61 Å². The van der Waals surface area contributed by atoms with Crippen LogP contribution in [0.25, 0.3) is 0 Å². The monoisotopic (exact) mass is 230 g/mol. The zero-order valence-electron chi connectivity index (χ0n) is 9.01. The lowest BCUT2D eigenvalue weighted by Gasteiger charge is -2.09. The summed E-state index contributed by atoms with van der Waals surface area (Å²) in [6.45, 7) is 0.137. The number of hydrogen-bond acceptors (Lipinski definition) is 1. The molecule has 2 aromatic rings. The van der Waals surface area contributed by atoms with Crippen LogP contribution in [0.5, 0.6) is 0 Å². The minimum atomic E-state index is -0.926. The first-order chi connectivity index (χ1) is 7.92. The van der Waals surface area contributed by atoms with Gasteiger partial charge in [-0.15, -0.1) is 0 Å². The predicted molar refractivity (Wildman–Crippen MR) is 73.6 cm³/mol. The highest BCUT2D eigenvalue weighted by Gasteiger charge is 2.01. The molecule has 0 spiro atoms. The van der Waals surface area contributed by atoms with Gasteiger partial charge in [-0.3, -0.25) is 0 Å². The molecule has 0 aliphatic carbocycles. The largest absolute Gasteiger partial charge is 0.392 e. The van der Waals surface area contributed by atoms with Crippen molar-refractivity contribution >= 4 is 24.0 Å². The molecule has 0 fully saturated rings. The van der Waals surface area contributed by atoms with E-state index in [9.17, 15) is 0 Å². The first kappa shape index (κ1) is 11.2. The number of aliphatic hydroxyl groups is 1. The zero-order valence-corrected chi connectivity index (χ0v) is 10.0. The van der Waals surface area contributed by atoms with Crippen molar-refractivity contribution in [1.29, 1.82) is 0 Å². The summed E-state index contributed by atoms with van der Waals surface area (Å²) in [5, 5.41) is 11.8. The molecule has 0 atom stereocenters. The van der Waals surface area contributed by atoms with E-state index >= 15 is 0 Å². The molecule has 0 aromatic heterocycles. The van der Waals surface area contributed by atoms with Gasteiger partial charge in [-0.25, -0.2) is 0 Å². The third-order valence-electron chi connectivity index (χ3n) is 2.46. The molecular formula is C14H15OP. The Morgan fingerprint density at radius 2 is 1.25 bits per heavy atom. The summed E-state index contributed by atoms with van der Waals surface area (Å²) in [6, 6.07) is 20.8. The van der Waals surface area contributed by atoms with Gasteiger partial charge in [0.1, 0.15) is 0 Å². The van der Waals surface area contributed by atoms with Crippen molar-refractivity contribution in [3.8, 4) is 0 Å². The Hall–Kier alpha value is -1.30. The molecule has 0 heterocycles. The molecule has 16 heavy (non-hydrogen) atoms. The normalized spacial score (nSPS) is 10.4. The van der Waals surface area contributed by atoms with Crippen molar-refractivity contribution in [3.63, 3.8) is 0 Å². The average Bonchev–Trinajstić information content (AvgIpc) is 2.38. The molecule has 1 N–H and O–H groups in total.